The molecule has 1 atom stereocenters. The lowest BCUT2D eigenvalue weighted by atomic mass is 10.1. The van der Waals surface area contributed by atoms with Crippen LogP contribution in [-0.4, -0.2) is 19.1 Å². The molecule has 0 aliphatic rings. The molecule has 0 spiro atoms. The van der Waals surface area contributed by atoms with Crippen LogP contribution in [0, 0.1) is 12.8 Å². The molecule has 0 amide bonds. The molecule has 0 unspecified atom stereocenters. The van der Waals surface area contributed by atoms with Gasteiger partial charge < -0.3 is 14.5 Å². The molecule has 0 radical (unpaired) electrons. The molecule has 4 heteroatoms. The smallest absolute Gasteiger partial charge is 0.374 e. The number of esters is 1. The fourth-order valence-electron chi connectivity index (χ4n) is 1.43. The zero-order valence-electron chi connectivity index (χ0n) is 11.2. The van der Waals surface area contributed by atoms with Crippen molar-refractivity contribution in [3.8, 4) is 0 Å². The predicted octanol–water partition coefficient (Wildman–Crippen LogP) is 2.51. The summed E-state index contributed by atoms with van der Waals surface area (Å²) in [6, 6.07) is 2.27. The highest BCUT2D eigenvalue weighted by molar-refractivity contribution is 5.87. The van der Waals surface area contributed by atoms with Crippen LogP contribution in [0.15, 0.2) is 10.5 Å². The Morgan fingerprint density at radius 1 is 1.47 bits per heavy atom. The second kappa shape index (κ2) is 5.87. The number of rotatable bonds is 5. The summed E-state index contributed by atoms with van der Waals surface area (Å²) >= 11 is 0. The van der Waals surface area contributed by atoms with Crippen molar-refractivity contribution in [3.63, 3.8) is 0 Å². The van der Waals surface area contributed by atoms with Crippen LogP contribution in [0.25, 0.3) is 0 Å². The SMILES string of the molecule is COC(=O)c1oc(CN[C@H](C)C(C)C)cc1C. The van der Waals surface area contributed by atoms with E-state index in [-0.39, 0.29) is 0 Å². The minimum Gasteiger partial charge on any atom is -0.463 e. The molecule has 17 heavy (non-hydrogen) atoms. The number of carbonyl (C=O) groups excluding carboxylic acids is 1. The third-order valence-electron chi connectivity index (χ3n) is 2.94. The Balaban J connectivity index is 2.65. The molecule has 96 valence electrons. The summed E-state index contributed by atoms with van der Waals surface area (Å²) in [5.74, 6) is 1.19. The summed E-state index contributed by atoms with van der Waals surface area (Å²) in [7, 11) is 1.35. The van der Waals surface area contributed by atoms with Crippen LogP contribution in [0.5, 0.6) is 0 Å². The van der Waals surface area contributed by atoms with Gasteiger partial charge in [0.15, 0.2) is 0 Å². The predicted molar refractivity (Wildman–Crippen MR) is 65.9 cm³/mol. The lowest BCUT2D eigenvalue weighted by Crippen LogP contribution is -2.29. The van der Waals surface area contributed by atoms with Crippen LogP contribution >= 0.6 is 0 Å². The van der Waals surface area contributed by atoms with Crippen molar-refractivity contribution in [2.45, 2.75) is 40.3 Å². The van der Waals surface area contributed by atoms with E-state index in [9.17, 15) is 4.79 Å². The van der Waals surface area contributed by atoms with E-state index < -0.39 is 5.97 Å². The first kappa shape index (κ1) is 13.8. The van der Waals surface area contributed by atoms with E-state index >= 15 is 0 Å². The molecule has 1 aromatic heterocycles. The van der Waals surface area contributed by atoms with Gasteiger partial charge in [-0.05, 0) is 25.8 Å². The maximum absolute atomic E-state index is 11.4. The van der Waals surface area contributed by atoms with Crippen LogP contribution < -0.4 is 5.32 Å². The summed E-state index contributed by atoms with van der Waals surface area (Å²) in [6.07, 6.45) is 0. The molecule has 0 aromatic carbocycles. The lowest BCUT2D eigenvalue weighted by Gasteiger charge is -2.16. The Bertz CT molecular complexity index is 382. The maximum atomic E-state index is 11.4. The van der Waals surface area contributed by atoms with E-state index in [4.69, 9.17) is 4.42 Å². The van der Waals surface area contributed by atoms with Crippen LogP contribution in [0.4, 0.5) is 0 Å². The summed E-state index contributed by atoms with van der Waals surface area (Å²) in [5, 5.41) is 3.35. The van der Waals surface area contributed by atoms with Gasteiger partial charge in [-0.1, -0.05) is 13.8 Å². The normalized spacial score (nSPS) is 12.8. The van der Waals surface area contributed by atoms with Crippen LogP contribution in [0.2, 0.25) is 0 Å². The molecule has 0 saturated heterocycles. The summed E-state index contributed by atoms with van der Waals surface area (Å²) in [4.78, 5) is 11.4. The van der Waals surface area contributed by atoms with Crippen LogP contribution in [0.1, 0.15) is 42.6 Å². The largest absolute Gasteiger partial charge is 0.463 e. The number of furan rings is 1. The third-order valence-corrected chi connectivity index (χ3v) is 2.94. The summed E-state index contributed by atoms with van der Waals surface area (Å²) in [5.41, 5.74) is 0.811. The first-order valence-corrected chi connectivity index (χ1v) is 5.86. The van der Waals surface area contributed by atoms with E-state index in [0.29, 0.717) is 24.3 Å². The number of nitrogens with one attached hydrogen (secondary N) is 1. The van der Waals surface area contributed by atoms with Gasteiger partial charge in [0.1, 0.15) is 5.76 Å². The zero-order valence-corrected chi connectivity index (χ0v) is 11.2. The highest BCUT2D eigenvalue weighted by Gasteiger charge is 2.16. The minimum absolute atomic E-state index is 0.293. The van der Waals surface area contributed by atoms with Crippen molar-refractivity contribution in [3.05, 3.63) is 23.2 Å². The van der Waals surface area contributed by atoms with Crippen molar-refractivity contribution in [1.29, 1.82) is 0 Å². The average molecular weight is 239 g/mol. The highest BCUT2D eigenvalue weighted by atomic mass is 16.5. The van der Waals surface area contributed by atoms with Crippen molar-refractivity contribution in [1.82, 2.24) is 5.32 Å². The first-order chi connectivity index (χ1) is 7.95. The molecular formula is C13H21NO3. The summed E-state index contributed by atoms with van der Waals surface area (Å²) < 4.78 is 10.1. The molecule has 1 aromatic rings. The number of aryl methyl sites for hydroxylation is 1. The number of ether oxygens (including phenoxy) is 1. The van der Waals surface area contributed by atoms with Crippen LogP contribution in [-0.2, 0) is 11.3 Å². The van der Waals surface area contributed by atoms with Gasteiger partial charge >= 0.3 is 5.97 Å². The van der Waals surface area contributed by atoms with Crippen molar-refractivity contribution in [2.24, 2.45) is 5.92 Å². The Morgan fingerprint density at radius 2 is 2.12 bits per heavy atom. The first-order valence-electron chi connectivity index (χ1n) is 5.86. The Kier molecular flexibility index (Phi) is 4.75. The molecular weight excluding hydrogens is 218 g/mol. The fourth-order valence-corrected chi connectivity index (χ4v) is 1.43. The van der Waals surface area contributed by atoms with E-state index in [1.54, 1.807) is 0 Å². The maximum Gasteiger partial charge on any atom is 0.374 e. The van der Waals surface area contributed by atoms with Crippen molar-refractivity contribution >= 4 is 5.97 Å². The van der Waals surface area contributed by atoms with Crippen LogP contribution in [0.3, 0.4) is 0 Å². The van der Waals surface area contributed by atoms with Gasteiger partial charge in [-0.25, -0.2) is 4.79 Å². The van der Waals surface area contributed by atoms with Gasteiger partial charge in [0, 0.05) is 11.6 Å². The third kappa shape index (κ3) is 3.60. The zero-order chi connectivity index (χ0) is 13.0. The highest BCUT2D eigenvalue weighted by Crippen LogP contribution is 2.16. The Hall–Kier alpha value is -1.29. The molecule has 4 nitrogen and oxygen atoms in total. The molecule has 0 fully saturated rings. The van der Waals surface area contributed by atoms with Crippen molar-refractivity contribution < 1.29 is 13.9 Å². The Labute approximate surface area is 102 Å². The fraction of sp³-hybridized carbons (Fsp3) is 0.615. The number of hydrogen-bond donors (Lipinski definition) is 1. The van der Waals surface area contributed by atoms with Gasteiger partial charge in [0.25, 0.3) is 0 Å². The molecule has 1 rings (SSSR count). The monoisotopic (exact) mass is 239 g/mol. The topological polar surface area (TPSA) is 51.5 Å². The second-order valence-corrected chi connectivity index (χ2v) is 4.63. The molecule has 1 heterocycles. The number of methoxy groups -OCH3 is 1. The minimum atomic E-state index is -0.425. The Morgan fingerprint density at radius 3 is 2.65 bits per heavy atom. The molecule has 0 aliphatic heterocycles. The number of hydrogen-bond acceptors (Lipinski definition) is 4. The van der Waals surface area contributed by atoms with Gasteiger partial charge in [0.05, 0.1) is 13.7 Å². The molecule has 1 N–H and O–H groups in total. The van der Waals surface area contributed by atoms with E-state index in [1.807, 2.05) is 13.0 Å². The molecule has 0 saturated carbocycles. The average Bonchev–Trinajstić information content (AvgIpc) is 2.66. The summed E-state index contributed by atoms with van der Waals surface area (Å²) in [6.45, 7) is 8.90. The second-order valence-electron chi connectivity index (χ2n) is 4.63. The quantitative estimate of drug-likeness (QED) is 0.802. The number of carbonyl (C=O) groups is 1. The molecule has 0 aliphatic carbocycles. The lowest BCUT2D eigenvalue weighted by molar-refractivity contribution is 0.0561. The van der Waals surface area contributed by atoms with E-state index in [1.165, 1.54) is 7.11 Å². The standard InChI is InChI=1S/C13H21NO3/c1-8(2)10(4)14-7-11-6-9(3)12(17-11)13(15)16-5/h6,8,10,14H,7H2,1-5H3/t10-/m1/s1. The molecule has 0 bridgehead atoms. The van der Waals surface area contributed by atoms with Gasteiger partial charge in [0.2, 0.25) is 5.76 Å². The van der Waals surface area contributed by atoms with Gasteiger partial charge in [-0.2, -0.15) is 0 Å². The van der Waals surface area contributed by atoms with E-state index in [0.717, 1.165) is 11.3 Å². The van der Waals surface area contributed by atoms with Crippen molar-refractivity contribution in [2.75, 3.05) is 7.11 Å². The van der Waals surface area contributed by atoms with Gasteiger partial charge in [-0.3, -0.25) is 0 Å². The van der Waals surface area contributed by atoms with Gasteiger partial charge in [-0.15, -0.1) is 0 Å². The van der Waals surface area contributed by atoms with E-state index in [2.05, 4.69) is 30.8 Å².